The molecule has 0 aromatic carbocycles. The third-order valence-electron chi connectivity index (χ3n) is 4.44. The van der Waals surface area contributed by atoms with Gasteiger partial charge < -0.3 is 14.4 Å². The van der Waals surface area contributed by atoms with Crippen LogP contribution in [0.5, 0.6) is 0 Å². The SMILES string of the molecule is CCN(C(=O)CN1CCC2(CC1)OCCO2)C1CC1. The van der Waals surface area contributed by atoms with E-state index in [0.29, 0.717) is 25.8 Å². The largest absolute Gasteiger partial charge is 0.347 e. The molecule has 0 atom stereocenters. The summed E-state index contributed by atoms with van der Waals surface area (Å²) in [6, 6.07) is 0.523. The summed E-state index contributed by atoms with van der Waals surface area (Å²) in [6.45, 7) is 6.69. The first kappa shape index (κ1) is 13.3. The van der Waals surface area contributed by atoms with E-state index < -0.39 is 0 Å². The lowest BCUT2D eigenvalue weighted by atomic mass is 10.0. The van der Waals surface area contributed by atoms with Crippen LogP contribution in [0.2, 0.25) is 0 Å². The van der Waals surface area contributed by atoms with Crippen molar-refractivity contribution in [1.82, 2.24) is 9.80 Å². The van der Waals surface area contributed by atoms with E-state index in [1.54, 1.807) is 0 Å². The molecule has 1 amide bonds. The average molecular weight is 268 g/mol. The Hall–Kier alpha value is -0.650. The summed E-state index contributed by atoms with van der Waals surface area (Å²) in [4.78, 5) is 16.5. The summed E-state index contributed by atoms with van der Waals surface area (Å²) in [7, 11) is 0. The molecule has 2 aliphatic heterocycles. The molecule has 3 fully saturated rings. The second-order valence-electron chi connectivity index (χ2n) is 5.79. The van der Waals surface area contributed by atoms with Gasteiger partial charge in [-0.25, -0.2) is 0 Å². The van der Waals surface area contributed by atoms with E-state index >= 15 is 0 Å². The van der Waals surface area contributed by atoms with Gasteiger partial charge in [-0.15, -0.1) is 0 Å². The molecule has 0 radical (unpaired) electrons. The summed E-state index contributed by atoms with van der Waals surface area (Å²) >= 11 is 0. The second kappa shape index (κ2) is 5.38. The van der Waals surface area contributed by atoms with Crippen LogP contribution < -0.4 is 0 Å². The average Bonchev–Trinajstić information content (AvgIpc) is 3.14. The molecule has 0 N–H and O–H groups in total. The van der Waals surface area contributed by atoms with Crippen molar-refractivity contribution in [3.8, 4) is 0 Å². The molecule has 3 aliphatic rings. The molecular formula is C14H24N2O3. The molecule has 5 nitrogen and oxygen atoms in total. The fraction of sp³-hybridized carbons (Fsp3) is 0.929. The molecule has 19 heavy (non-hydrogen) atoms. The highest BCUT2D eigenvalue weighted by Gasteiger charge is 2.40. The fourth-order valence-corrected chi connectivity index (χ4v) is 3.14. The number of carbonyl (C=O) groups excluding carboxylic acids is 1. The van der Waals surface area contributed by atoms with Crippen LogP contribution in [0.15, 0.2) is 0 Å². The van der Waals surface area contributed by atoms with Gasteiger partial charge in [0.1, 0.15) is 0 Å². The Morgan fingerprint density at radius 2 is 1.89 bits per heavy atom. The normalized spacial score (nSPS) is 26.8. The van der Waals surface area contributed by atoms with Gasteiger partial charge >= 0.3 is 0 Å². The zero-order valence-electron chi connectivity index (χ0n) is 11.8. The Morgan fingerprint density at radius 3 is 2.42 bits per heavy atom. The van der Waals surface area contributed by atoms with Crippen LogP contribution >= 0.6 is 0 Å². The molecule has 1 saturated carbocycles. The summed E-state index contributed by atoms with van der Waals surface area (Å²) < 4.78 is 11.4. The maximum atomic E-state index is 12.3. The van der Waals surface area contributed by atoms with E-state index in [1.807, 2.05) is 4.90 Å². The van der Waals surface area contributed by atoms with Gasteiger partial charge in [0.15, 0.2) is 5.79 Å². The van der Waals surface area contributed by atoms with Gasteiger partial charge in [0.05, 0.1) is 19.8 Å². The number of piperidine rings is 1. The molecule has 3 rings (SSSR count). The lowest BCUT2D eigenvalue weighted by Gasteiger charge is -2.37. The molecule has 0 bridgehead atoms. The van der Waals surface area contributed by atoms with Crippen LogP contribution in [0.25, 0.3) is 0 Å². The van der Waals surface area contributed by atoms with Crippen molar-refractivity contribution in [2.24, 2.45) is 0 Å². The minimum absolute atomic E-state index is 0.286. The van der Waals surface area contributed by atoms with Crippen LogP contribution in [0.4, 0.5) is 0 Å². The summed E-state index contributed by atoms with van der Waals surface area (Å²) in [6.07, 6.45) is 4.14. The Kier molecular flexibility index (Phi) is 3.78. The van der Waals surface area contributed by atoms with E-state index in [1.165, 1.54) is 12.8 Å². The molecule has 0 unspecified atom stereocenters. The van der Waals surface area contributed by atoms with Crippen LogP contribution in [0, 0.1) is 0 Å². The van der Waals surface area contributed by atoms with Gasteiger partial charge in [-0.2, -0.15) is 0 Å². The van der Waals surface area contributed by atoms with Crippen molar-refractivity contribution in [3.63, 3.8) is 0 Å². The van der Waals surface area contributed by atoms with Gasteiger partial charge in [-0.05, 0) is 19.8 Å². The minimum Gasteiger partial charge on any atom is -0.347 e. The molecular weight excluding hydrogens is 244 g/mol. The predicted octanol–water partition coefficient (Wildman–Crippen LogP) is 0.836. The quantitative estimate of drug-likeness (QED) is 0.757. The number of hydrogen-bond acceptors (Lipinski definition) is 4. The van der Waals surface area contributed by atoms with Crippen molar-refractivity contribution in [1.29, 1.82) is 0 Å². The zero-order valence-corrected chi connectivity index (χ0v) is 11.8. The van der Waals surface area contributed by atoms with Gasteiger partial charge in [0.2, 0.25) is 5.91 Å². The van der Waals surface area contributed by atoms with Crippen molar-refractivity contribution >= 4 is 5.91 Å². The van der Waals surface area contributed by atoms with E-state index in [4.69, 9.17) is 9.47 Å². The summed E-state index contributed by atoms with van der Waals surface area (Å²) in [5.41, 5.74) is 0. The Bertz CT molecular complexity index is 328. The number of nitrogens with zero attached hydrogens (tertiary/aromatic N) is 2. The second-order valence-corrected chi connectivity index (χ2v) is 5.79. The lowest BCUT2D eigenvalue weighted by molar-refractivity contribution is -0.186. The topological polar surface area (TPSA) is 42.0 Å². The van der Waals surface area contributed by atoms with Crippen molar-refractivity contribution in [3.05, 3.63) is 0 Å². The summed E-state index contributed by atoms with van der Waals surface area (Å²) in [5.74, 6) is -0.0465. The highest BCUT2D eigenvalue weighted by atomic mass is 16.7. The van der Waals surface area contributed by atoms with E-state index in [-0.39, 0.29) is 11.7 Å². The molecule has 0 aromatic rings. The number of likely N-dealkylation sites (N-methyl/N-ethyl adjacent to an activating group) is 1. The molecule has 0 aromatic heterocycles. The maximum Gasteiger partial charge on any atom is 0.236 e. The standard InChI is InChI=1S/C14H24N2O3/c1-2-16(12-3-4-12)13(17)11-15-7-5-14(6-8-15)18-9-10-19-14/h12H,2-11H2,1H3. The third-order valence-corrected chi connectivity index (χ3v) is 4.44. The van der Waals surface area contributed by atoms with Crippen LogP contribution in [0.3, 0.4) is 0 Å². The Morgan fingerprint density at radius 1 is 1.26 bits per heavy atom. The first-order chi connectivity index (χ1) is 9.22. The highest BCUT2D eigenvalue weighted by molar-refractivity contribution is 5.78. The molecule has 5 heteroatoms. The predicted molar refractivity (Wildman–Crippen MR) is 70.7 cm³/mol. The highest BCUT2D eigenvalue weighted by Crippen LogP contribution is 2.31. The van der Waals surface area contributed by atoms with Crippen LogP contribution in [-0.4, -0.2) is 66.9 Å². The van der Waals surface area contributed by atoms with Gasteiger partial charge in [-0.1, -0.05) is 0 Å². The van der Waals surface area contributed by atoms with Gasteiger partial charge in [0.25, 0.3) is 0 Å². The molecule has 1 spiro atoms. The minimum atomic E-state index is -0.333. The number of likely N-dealkylation sites (tertiary alicyclic amines) is 1. The Balaban J connectivity index is 1.47. The van der Waals surface area contributed by atoms with Crippen LogP contribution in [0.1, 0.15) is 32.6 Å². The van der Waals surface area contributed by atoms with Crippen molar-refractivity contribution < 1.29 is 14.3 Å². The van der Waals surface area contributed by atoms with E-state index in [2.05, 4.69) is 11.8 Å². The van der Waals surface area contributed by atoms with Gasteiger partial charge in [0, 0.05) is 38.5 Å². The van der Waals surface area contributed by atoms with Gasteiger partial charge in [-0.3, -0.25) is 9.69 Å². The fourth-order valence-electron chi connectivity index (χ4n) is 3.14. The van der Waals surface area contributed by atoms with E-state index in [0.717, 1.165) is 32.5 Å². The van der Waals surface area contributed by atoms with Crippen LogP contribution in [-0.2, 0) is 14.3 Å². The number of ether oxygens (including phenoxy) is 2. The smallest absolute Gasteiger partial charge is 0.236 e. The van der Waals surface area contributed by atoms with Crippen molar-refractivity contribution in [2.45, 2.75) is 44.4 Å². The number of amides is 1. The number of carbonyl (C=O) groups is 1. The Labute approximate surface area is 114 Å². The number of rotatable bonds is 4. The first-order valence-electron chi connectivity index (χ1n) is 7.52. The molecule has 108 valence electrons. The maximum absolute atomic E-state index is 12.3. The molecule has 2 saturated heterocycles. The first-order valence-corrected chi connectivity index (χ1v) is 7.52. The summed E-state index contributed by atoms with van der Waals surface area (Å²) in [5, 5.41) is 0. The van der Waals surface area contributed by atoms with E-state index in [9.17, 15) is 4.79 Å². The third kappa shape index (κ3) is 2.93. The number of hydrogen-bond donors (Lipinski definition) is 0. The monoisotopic (exact) mass is 268 g/mol. The molecule has 1 aliphatic carbocycles. The van der Waals surface area contributed by atoms with Crippen molar-refractivity contribution in [2.75, 3.05) is 39.4 Å². The molecule has 2 heterocycles. The zero-order chi connectivity index (χ0) is 13.3. The lowest BCUT2D eigenvalue weighted by Crippen LogP contribution is -2.49.